The van der Waals surface area contributed by atoms with Crippen molar-refractivity contribution in [3.05, 3.63) is 29.8 Å². The number of amides is 1. The fourth-order valence-electron chi connectivity index (χ4n) is 3.00. The van der Waals surface area contributed by atoms with E-state index in [0.29, 0.717) is 13.0 Å². The Hall–Kier alpha value is -1.51. The SMILES string of the molecule is Cc1ccccc1OCCCC(=O)N(C)CC1CCCC1. The zero-order valence-electron chi connectivity index (χ0n) is 13.3. The van der Waals surface area contributed by atoms with Gasteiger partial charge in [0.15, 0.2) is 0 Å². The van der Waals surface area contributed by atoms with Crippen LogP contribution in [0.2, 0.25) is 0 Å². The van der Waals surface area contributed by atoms with Gasteiger partial charge in [-0.1, -0.05) is 31.0 Å². The minimum Gasteiger partial charge on any atom is -0.493 e. The van der Waals surface area contributed by atoms with Crippen LogP contribution in [0.15, 0.2) is 24.3 Å². The van der Waals surface area contributed by atoms with Gasteiger partial charge in [-0.2, -0.15) is 0 Å². The molecule has 0 spiro atoms. The molecule has 0 saturated heterocycles. The van der Waals surface area contributed by atoms with E-state index in [1.807, 2.05) is 43.1 Å². The number of rotatable bonds is 7. The van der Waals surface area contributed by atoms with Crippen molar-refractivity contribution in [2.75, 3.05) is 20.2 Å². The van der Waals surface area contributed by atoms with Crippen LogP contribution < -0.4 is 4.74 Å². The number of hydrogen-bond donors (Lipinski definition) is 0. The second-order valence-electron chi connectivity index (χ2n) is 6.14. The van der Waals surface area contributed by atoms with Gasteiger partial charge in [0.2, 0.25) is 5.91 Å². The van der Waals surface area contributed by atoms with Gasteiger partial charge in [-0.3, -0.25) is 4.79 Å². The normalized spacial score (nSPS) is 15.1. The van der Waals surface area contributed by atoms with Gasteiger partial charge in [-0.05, 0) is 43.7 Å². The van der Waals surface area contributed by atoms with Crippen LogP contribution in [0.4, 0.5) is 0 Å². The first-order chi connectivity index (χ1) is 10.2. The Labute approximate surface area is 128 Å². The molecule has 1 aromatic carbocycles. The summed E-state index contributed by atoms with van der Waals surface area (Å²) in [5, 5.41) is 0. The molecule has 0 atom stereocenters. The number of benzene rings is 1. The summed E-state index contributed by atoms with van der Waals surface area (Å²) in [6.07, 6.45) is 6.59. The number of nitrogens with zero attached hydrogens (tertiary/aromatic N) is 1. The molecule has 0 aliphatic heterocycles. The van der Waals surface area contributed by atoms with Gasteiger partial charge in [0.25, 0.3) is 0 Å². The molecule has 3 heteroatoms. The fourth-order valence-corrected chi connectivity index (χ4v) is 3.00. The molecule has 1 saturated carbocycles. The quantitative estimate of drug-likeness (QED) is 0.714. The van der Waals surface area contributed by atoms with Crippen molar-refractivity contribution in [2.24, 2.45) is 5.92 Å². The second kappa shape index (κ2) is 8.06. The van der Waals surface area contributed by atoms with Crippen LogP contribution in [0.3, 0.4) is 0 Å². The summed E-state index contributed by atoms with van der Waals surface area (Å²) < 4.78 is 5.73. The van der Waals surface area contributed by atoms with Crippen LogP contribution in [-0.4, -0.2) is 31.0 Å². The zero-order valence-corrected chi connectivity index (χ0v) is 13.3. The largest absolute Gasteiger partial charge is 0.493 e. The molecule has 1 fully saturated rings. The van der Waals surface area contributed by atoms with E-state index in [4.69, 9.17) is 4.74 Å². The van der Waals surface area contributed by atoms with Crippen LogP contribution >= 0.6 is 0 Å². The lowest BCUT2D eigenvalue weighted by Gasteiger charge is -2.21. The lowest BCUT2D eigenvalue weighted by atomic mass is 10.1. The Morgan fingerprint density at radius 1 is 1.29 bits per heavy atom. The Bertz CT molecular complexity index is 452. The number of aryl methyl sites for hydroxylation is 1. The highest BCUT2D eigenvalue weighted by Gasteiger charge is 2.19. The van der Waals surface area contributed by atoms with E-state index in [2.05, 4.69) is 0 Å². The molecule has 0 radical (unpaired) electrons. The smallest absolute Gasteiger partial charge is 0.222 e. The summed E-state index contributed by atoms with van der Waals surface area (Å²) in [6, 6.07) is 7.99. The maximum Gasteiger partial charge on any atom is 0.222 e. The Balaban J connectivity index is 1.63. The van der Waals surface area contributed by atoms with Gasteiger partial charge in [-0.15, -0.1) is 0 Å². The molecule has 3 nitrogen and oxygen atoms in total. The first kappa shape index (κ1) is 15.9. The summed E-state index contributed by atoms with van der Waals surface area (Å²) >= 11 is 0. The second-order valence-corrected chi connectivity index (χ2v) is 6.14. The average molecular weight is 289 g/mol. The van der Waals surface area contributed by atoms with Gasteiger partial charge in [-0.25, -0.2) is 0 Å². The molecule has 1 aromatic rings. The predicted molar refractivity (Wildman–Crippen MR) is 85.5 cm³/mol. The third-order valence-corrected chi connectivity index (χ3v) is 4.32. The molecule has 0 N–H and O–H groups in total. The van der Waals surface area contributed by atoms with Gasteiger partial charge in [0.1, 0.15) is 5.75 Å². The van der Waals surface area contributed by atoms with Crippen molar-refractivity contribution in [3.63, 3.8) is 0 Å². The molecule has 116 valence electrons. The third kappa shape index (κ3) is 5.07. The molecule has 0 bridgehead atoms. The van der Waals surface area contributed by atoms with Crippen molar-refractivity contribution in [3.8, 4) is 5.75 Å². The van der Waals surface area contributed by atoms with Gasteiger partial charge >= 0.3 is 0 Å². The number of carbonyl (C=O) groups excluding carboxylic acids is 1. The third-order valence-electron chi connectivity index (χ3n) is 4.32. The topological polar surface area (TPSA) is 29.5 Å². The lowest BCUT2D eigenvalue weighted by molar-refractivity contribution is -0.130. The molecule has 0 heterocycles. The first-order valence-corrected chi connectivity index (χ1v) is 8.09. The van der Waals surface area contributed by atoms with Crippen molar-refractivity contribution >= 4 is 5.91 Å². The molecule has 0 unspecified atom stereocenters. The summed E-state index contributed by atoms with van der Waals surface area (Å²) in [6.45, 7) is 3.57. The minimum atomic E-state index is 0.246. The summed E-state index contributed by atoms with van der Waals surface area (Å²) in [7, 11) is 1.93. The number of ether oxygens (including phenoxy) is 1. The Morgan fingerprint density at radius 3 is 2.71 bits per heavy atom. The van der Waals surface area contributed by atoms with Crippen molar-refractivity contribution in [2.45, 2.75) is 45.4 Å². The molecule has 1 aliphatic carbocycles. The van der Waals surface area contributed by atoms with Gasteiger partial charge < -0.3 is 9.64 Å². The fraction of sp³-hybridized carbons (Fsp3) is 0.611. The molecule has 21 heavy (non-hydrogen) atoms. The van der Waals surface area contributed by atoms with E-state index < -0.39 is 0 Å². The molecular weight excluding hydrogens is 262 g/mol. The van der Waals surface area contributed by atoms with E-state index >= 15 is 0 Å². The number of hydrogen-bond acceptors (Lipinski definition) is 2. The summed E-state index contributed by atoms with van der Waals surface area (Å²) in [5.41, 5.74) is 1.14. The molecular formula is C18H27NO2. The van der Waals surface area contributed by atoms with Crippen molar-refractivity contribution < 1.29 is 9.53 Å². The summed E-state index contributed by atoms with van der Waals surface area (Å²) in [4.78, 5) is 14.0. The van der Waals surface area contributed by atoms with Crippen molar-refractivity contribution in [1.82, 2.24) is 4.90 Å². The van der Waals surface area contributed by atoms with Crippen LogP contribution in [0.5, 0.6) is 5.75 Å². The van der Waals surface area contributed by atoms with Crippen LogP contribution in [0.1, 0.15) is 44.1 Å². The van der Waals surface area contributed by atoms with Crippen LogP contribution in [0.25, 0.3) is 0 Å². The molecule has 2 rings (SSSR count). The zero-order chi connectivity index (χ0) is 15.1. The minimum absolute atomic E-state index is 0.246. The number of para-hydroxylation sites is 1. The van der Waals surface area contributed by atoms with E-state index in [1.165, 1.54) is 25.7 Å². The molecule has 0 aromatic heterocycles. The first-order valence-electron chi connectivity index (χ1n) is 8.09. The maximum atomic E-state index is 12.1. The van der Waals surface area contributed by atoms with E-state index in [9.17, 15) is 4.79 Å². The van der Waals surface area contributed by atoms with E-state index in [-0.39, 0.29) is 5.91 Å². The number of carbonyl (C=O) groups is 1. The van der Waals surface area contributed by atoms with Crippen LogP contribution in [0, 0.1) is 12.8 Å². The van der Waals surface area contributed by atoms with E-state index in [1.54, 1.807) is 0 Å². The highest BCUT2D eigenvalue weighted by molar-refractivity contribution is 5.75. The van der Waals surface area contributed by atoms with E-state index in [0.717, 1.165) is 30.2 Å². The lowest BCUT2D eigenvalue weighted by Crippen LogP contribution is -2.31. The molecule has 1 aliphatic rings. The van der Waals surface area contributed by atoms with Crippen LogP contribution in [-0.2, 0) is 4.79 Å². The maximum absolute atomic E-state index is 12.1. The predicted octanol–water partition coefficient (Wildman–Crippen LogP) is 3.80. The summed E-state index contributed by atoms with van der Waals surface area (Å²) in [5.74, 6) is 1.89. The monoisotopic (exact) mass is 289 g/mol. The van der Waals surface area contributed by atoms with Crippen molar-refractivity contribution in [1.29, 1.82) is 0 Å². The van der Waals surface area contributed by atoms with Gasteiger partial charge in [0, 0.05) is 20.0 Å². The Morgan fingerprint density at radius 2 is 2.00 bits per heavy atom. The Kier molecular flexibility index (Phi) is 6.09. The molecule has 1 amide bonds. The highest BCUT2D eigenvalue weighted by Crippen LogP contribution is 2.25. The average Bonchev–Trinajstić information content (AvgIpc) is 2.98. The highest BCUT2D eigenvalue weighted by atomic mass is 16.5. The standard InChI is InChI=1S/C18H27NO2/c1-15-8-3-6-11-17(15)21-13-7-12-18(20)19(2)14-16-9-4-5-10-16/h3,6,8,11,16H,4-5,7,9-10,12-14H2,1-2H3. The van der Waals surface area contributed by atoms with Gasteiger partial charge in [0.05, 0.1) is 6.61 Å².